The topological polar surface area (TPSA) is 79.9 Å². The average molecular weight is 260 g/mol. The van der Waals surface area contributed by atoms with E-state index in [1.165, 1.54) is 13.3 Å². The number of H-pyrrole nitrogens is 1. The first-order chi connectivity index (χ1) is 9.10. The summed E-state index contributed by atoms with van der Waals surface area (Å²) in [6.45, 7) is 3.79. The molecule has 2 N–H and O–H groups in total. The molecule has 19 heavy (non-hydrogen) atoms. The van der Waals surface area contributed by atoms with Crippen LogP contribution in [0.15, 0.2) is 24.5 Å². The molecule has 0 aliphatic carbocycles. The highest BCUT2D eigenvalue weighted by atomic mass is 16.5. The lowest BCUT2D eigenvalue weighted by molar-refractivity contribution is 0.0938. The van der Waals surface area contributed by atoms with Crippen LogP contribution in [-0.4, -0.2) is 28.0 Å². The number of imidazole rings is 1. The minimum atomic E-state index is -0.194. The number of ether oxygens (including phenoxy) is 1. The van der Waals surface area contributed by atoms with Crippen molar-refractivity contribution < 1.29 is 9.53 Å². The summed E-state index contributed by atoms with van der Waals surface area (Å²) in [5.74, 6) is 0.947. The zero-order chi connectivity index (χ0) is 13.8. The molecular weight excluding hydrogens is 244 g/mol. The molecule has 0 aliphatic rings. The first kappa shape index (κ1) is 13.1. The van der Waals surface area contributed by atoms with E-state index in [1.807, 2.05) is 13.8 Å². The van der Waals surface area contributed by atoms with E-state index in [0.717, 1.165) is 11.5 Å². The Morgan fingerprint density at radius 1 is 1.47 bits per heavy atom. The summed E-state index contributed by atoms with van der Waals surface area (Å²) in [4.78, 5) is 23.3. The molecule has 0 aliphatic heterocycles. The number of pyridine rings is 1. The Morgan fingerprint density at radius 3 is 2.89 bits per heavy atom. The van der Waals surface area contributed by atoms with Crippen LogP contribution in [0.4, 0.5) is 0 Å². The fourth-order valence-electron chi connectivity index (χ4n) is 1.66. The Hall–Kier alpha value is -2.37. The van der Waals surface area contributed by atoms with Crippen molar-refractivity contribution in [3.63, 3.8) is 0 Å². The van der Waals surface area contributed by atoms with E-state index >= 15 is 0 Å². The molecule has 2 aromatic rings. The molecule has 0 radical (unpaired) electrons. The summed E-state index contributed by atoms with van der Waals surface area (Å²) in [5, 5.41) is 2.86. The van der Waals surface area contributed by atoms with Crippen LogP contribution in [0.5, 0.6) is 5.88 Å². The van der Waals surface area contributed by atoms with Crippen LogP contribution in [0.2, 0.25) is 0 Å². The second kappa shape index (κ2) is 5.51. The number of methoxy groups -OCH3 is 1. The van der Waals surface area contributed by atoms with E-state index in [1.54, 1.807) is 18.3 Å². The van der Waals surface area contributed by atoms with Gasteiger partial charge in [-0.1, -0.05) is 0 Å². The maximum atomic E-state index is 12.1. The van der Waals surface area contributed by atoms with Crippen molar-refractivity contribution in [1.29, 1.82) is 0 Å². The number of aryl methyl sites for hydroxylation is 1. The molecule has 1 amide bonds. The van der Waals surface area contributed by atoms with Gasteiger partial charge in [-0.05, 0) is 19.9 Å². The summed E-state index contributed by atoms with van der Waals surface area (Å²) in [6, 6.07) is 3.04. The highest BCUT2D eigenvalue weighted by molar-refractivity contribution is 5.94. The van der Waals surface area contributed by atoms with Crippen LogP contribution in [0, 0.1) is 6.92 Å². The molecule has 6 heteroatoms. The van der Waals surface area contributed by atoms with Gasteiger partial charge in [-0.3, -0.25) is 4.79 Å². The third-order valence-electron chi connectivity index (χ3n) is 2.69. The molecule has 0 spiro atoms. The van der Waals surface area contributed by atoms with E-state index in [4.69, 9.17) is 4.74 Å². The zero-order valence-electron chi connectivity index (χ0n) is 11.1. The third kappa shape index (κ3) is 3.09. The van der Waals surface area contributed by atoms with Crippen molar-refractivity contribution in [2.75, 3.05) is 7.11 Å². The second-order valence-electron chi connectivity index (χ2n) is 4.23. The minimum Gasteiger partial charge on any atom is -0.481 e. The molecule has 2 heterocycles. The number of nitrogens with one attached hydrogen (secondary N) is 2. The molecule has 0 fully saturated rings. The normalized spacial score (nSPS) is 11.9. The van der Waals surface area contributed by atoms with Gasteiger partial charge in [-0.2, -0.15) is 0 Å². The van der Waals surface area contributed by atoms with Gasteiger partial charge in [0.1, 0.15) is 5.82 Å². The summed E-state index contributed by atoms with van der Waals surface area (Å²) < 4.78 is 4.99. The van der Waals surface area contributed by atoms with Crippen LogP contribution >= 0.6 is 0 Å². The van der Waals surface area contributed by atoms with E-state index in [-0.39, 0.29) is 11.9 Å². The number of amides is 1. The predicted octanol–water partition coefficient (Wildman–Crippen LogP) is 1.61. The largest absolute Gasteiger partial charge is 0.481 e. The van der Waals surface area contributed by atoms with Gasteiger partial charge in [0.25, 0.3) is 5.91 Å². The van der Waals surface area contributed by atoms with Crippen molar-refractivity contribution in [1.82, 2.24) is 20.3 Å². The van der Waals surface area contributed by atoms with Gasteiger partial charge in [0.15, 0.2) is 0 Å². The van der Waals surface area contributed by atoms with Gasteiger partial charge in [0, 0.05) is 29.7 Å². The maximum Gasteiger partial charge on any atom is 0.252 e. The van der Waals surface area contributed by atoms with Crippen molar-refractivity contribution in [3.8, 4) is 5.88 Å². The lowest BCUT2D eigenvalue weighted by Gasteiger charge is -2.11. The number of carbonyl (C=O) groups excluding carboxylic acids is 1. The van der Waals surface area contributed by atoms with Crippen LogP contribution in [0.3, 0.4) is 0 Å². The molecular formula is C13H16N4O2. The zero-order valence-corrected chi connectivity index (χ0v) is 11.1. The summed E-state index contributed by atoms with van der Waals surface area (Å²) in [7, 11) is 1.51. The number of aromatic amines is 1. The minimum absolute atomic E-state index is 0.192. The summed E-state index contributed by atoms with van der Waals surface area (Å²) in [6.07, 6.45) is 3.27. The monoisotopic (exact) mass is 260 g/mol. The standard InChI is InChI=1S/C13H16N4O2/c1-8-7-15-12(16-8)9(2)17-13(18)10-4-5-14-11(6-10)19-3/h4-7,9H,1-3H3,(H,15,16)(H,17,18)/t9-/m1/s1. The molecule has 2 aromatic heterocycles. The Bertz CT molecular complexity index is 580. The van der Waals surface area contributed by atoms with Crippen molar-refractivity contribution in [2.45, 2.75) is 19.9 Å². The van der Waals surface area contributed by atoms with Crippen molar-refractivity contribution in [2.24, 2.45) is 0 Å². The van der Waals surface area contributed by atoms with Gasteiger partial charge in [0.05, 0.1) is 13.2 Å². The molecule has 100 valence electrons. The van der Waals surface area contributed by atoms with Crippen molar-refractivity contribution >= 4 is 5.91 Å². The van der Waals surface area contributed by atoms with E-state index in [9.17, 15) is 4.79 Å². The Morgan fingerprint density at radius 2 is 2.26 bits per heavy atom. The highest BCUT2D eigenvalue weighted by Gasteiger charge is 2.14. The predicted molar refractivity (Wildman–Crippen MR) is 70.0 cm³/mol. The number of aromatic nitrogens is 3. The summed E-state index contributed by atoms with van der Waals surface area (Å²) >= 11 is 0. The Balaban J connectivity index is 2.08. The fraction of sp³-hybridized carbons (Fsp3) is 0.308. The third-order valence-corrected chi connectivity index (χ3v) is 2.69. The highest BCUT2D eigenvalue weighted by Crippen LogP contribution is 2.12. The number of hydrogen-bond acceptors (Lipinski definition) is 4. The summed E-state index contributed by atoms with van der Waals surface area (Å²) in [5.41, 5.74) is 1.46. The first-order valence-corrected chi connectivity index (χ1v) is 5.92. The number of nitrogens with zero attached hydrogens (tertiary/aromatic N) is 2. The van der Waals surface area contributed by atoms with Gasteiger partial charge in [-0.25, -0.2) is 9.97 Å². The SMILES string of the molecule is COc1cc(C(=O)N[C@H](C)c2ncc(C)[nH]2)ccn1. The quantitative estimate of drug-likeness (QED) is 0.875. The van der Waals surface area contributed by atoms with Gasteiger partial charge < -0.3 is 15.0 Å². The number of hydrogen-bond donors (Lipinski definition) is 2. The van der Waals surface area contributed by atoms with Crippen LogP contribution in [-0.2, 0) is 0 Å². The molecule has 6 nitrogen and oxygen atoms in total. The smallest absolute Gasteiger partial charge is 0.252 e. The van der Waals surface area contributed by atoms with Crippen LogP contribution < -0.4 is 10.1 Å². The van der Waals surface area contributed by atoms with Crippen LogP contribution in [0.25, 0.3) is 0 Å². The number of rotatable bonds is 4. The Labute approximate surface area is 111 Å². The van der Waals surface area contributed by atoms with E-state index in [0.29, 0.717) is 11.4 Å². The van der Waals surface area contributed by atoms with Gasteiger partial charge in [0.2, 0.25) is 5.88 Å². The van der Waals surface area contributed by atoms with Crippen LogP contribution in [0.1, 0.15) is 34.8 Å². The molecule has 0 saturated heterocycles. The lowest BCUT2D eigenvalue weighted by Crippen LogP contribution is -2.27. The van der Waals surface area contributed by atoms with E-state index < -0.39 is 0 Å². The molecule has 0 bridgehead atoms. The average Bonchev–Trinajstić information content (AvgIpc) is 2.85. The molecule has 0 saturated carbocycles. The van der Waals surface area contributed by atoms with Gasteiger partial charge in [-0.15, -0.1) is 0 Å². The Kier molecular flexibility index (Phi) is 3.79. The molecule has 1 atom stereocenters. The lowest BCUT2D eigenvalue weighted by atomic mass is 10.2. The number of carbonyl (C=O) groups is 1. The van der Waals surface area contributed by atoms with Gasteiger partial charge >= 0.3 is 0 Å². The second-order valence-corrected chi connectivity index (χ2v) is 4.23. The van der Waals surface area contributed by atoms with Crippen molar-refractivity contribution in [3.05, 3.63) is 41.6 Å². The molecule has 0 unspecified atom stereocenters. The maximum absolute atomic E-state index is 12.1. The fourth-order valence-corrected chi connectivity index (χ4v) is 1.66. The molecule has 0 aromatic carbocycles. The first-order valence-electron chi connectivity index (χ1n) is 5.92. The van der Waals surface area contributed by atoms with E-state index in [2.05, 4.69) is 20.3 Å². The molecule has 2 rings (SSSR count).